The van der Waals surface area contributed by atoms with Gasteiger partial charge in [0, 0.05) is 25.2 Å². The van der Waals surface area contributed by atoms with Gasteiger partial charge in [-0.2, -0.15) is 0 Å². The van der Waals surface area contributed by atoms with Crippen LogP contribution in [0.4, 0.5) is 5.69 Å². The van der Waals surface area contributed by atoms with Crippen LogP contribution in [0.2, 0.25) is 0 Å². The number of carbonyl (C=O) groups excluding carboxylic acids is 4. The lowest BCUT2D eigenvalue weighted by atomic mass is 10.1. The van der Waals surface area contributed by atoms with Crippen molar-refractivity contribution in [3.05, 3.63) is 59.2 Å². The summed E-state index contributed by atoms with van der Waals surface area (Å²) in [6, 6.07) is 11.8. The van der Waals surface area contributed by atoms with E-state index in [2.05, 4.69) is 0 Å². The lowest BCUT2D eigenvalue weighted by Gasteiger charge is -2.16. The highest BCUT2D eigenvalue weighted by Crippen LogP contribution is 2.25. The summed E-state index contributed by atoms with van der Waals surface area (Å²) in [6.45, 7) is 2.51. The van der Waals surface area contributed by atoms with Gasteiger partial charge in [-0.3, -0.25) is 24.1 Å². The average molecular weight is 392 g/mol. The van der Waals surface area contributed by atoms with E-state index >= 15 is 0 Å². The summed E-state index contributed by atoms with van der Waals surface area (Å²) in [4.78, 5) is 51.6. The Hall–Kier alpha value is -3.48. The molecular formula is C22H20N2O5. The van der Waals surface area contributed by atoms with Crippen molar-refractivity contribution < 1.29 is 23.9 Å². The van der Waals surface area contributed by atoms with Crippen LogP contribution in [-0.4, -0.2) is 41.7 Å². The predicted molar refractivity (Wildman–Crippen MR) is 105 cm³/mol. The minimum Gasteiger partial charge on any atom is -0.426 e. The van der Waals surface area contributed by atoms with E-state index in [0.29, 0.717) is 29.8 Å². The molecule has 1 saturated heterocycles. The van der Waals surface area contributed by atoms with E-state index in [-0.39, 0.29) is 24.8 Å². The van der Waals surface area contributed by atoms with E-state index < -0.39 is 11.9 Å². The van der Waals surface area contributed by atoms with Crippen molar-refractivity contribution in [2.45, 2.75) is 26.2 Å². The van der Waals surface area contributed by atoms with Gasteiger partial charge in [-0.25, -0.2) is 0 Å². The molecule has 0 saturated carbocycles. The molecule has 3 amide bonds. The molecule has 1 fully saturated rings. The van der Waals surface area contributed by atoms with Crippen molar-refractivity contribution in [2.24, 2.45) is 0 Å². The number of aryl methyl sites for hydroxylation is 1. The number of imide groups is 1. The van der Waals surface area contributed by atoms with Gasteiger partial charge in [0.1, 0.15) is 5.75 Å². The molecule has 0 unspecified atom stereocenters. The van der Waals surface area contributed by atoms with E-state index in [9.17, 15) is 19.2 Å². The van der Waals surface area contributed by atoms with Gasteiger partial charge >= 0.3 is 5.97 Å². The second-order valence-corrected chi connectivity index (χ2v) is 7.18. The first-order chi connectivity index (χ1) is 13.9. The van der Waals surface area contributed by atoms with Crippen LogP contribution in [0, 0.1) is 6.92 Å². The summed E-state index contributed by atoms with van der Waals surface area (Å²) in [7, 11) is 0. The fourth-order valence-electron chi connectivity index (χ4n) is 3.61. The van der Waals surface area contributed by atoms with Crippen molar-refractivity contribution in [1.29, 1.82) is 0 Å². The molecule has 7 heteroatoms. The van der Waals surface area contributed by atoms with Crippen LogP contribution >= 0.6 is 0 Å². The van der Waals surface area contributed by atoms with Crippen molar-refractivity contribution in [1.82, 2.24) is 4.90 Å². The fraction of sp³-hybridized carbons (Fsp3) is 0.273. The number of anilines is 1. The number of fused-ring (bicyclic) bond motifs is 1. The van der Waals surface area contributed by atoms with E-state index in [1.807, 2.05) is 6.92 Å². The van der Waals surface area contributed by atoms with Crippen LogP contribution in [0.15, 0.2) is 42.5 Å². The van der Waals surface area contributed by atoms with Gasteiger partial charge in [-0.15, -0.1) is 0 Å². The van der Waals surface area contributed by atoms with Crippen molar-refractivity contribution in [3.63, 3.8) is 0 Å². The summed E-state index contributed by atoms with van der Waals surface area (Å²) in [5, 5.41) is 0. The Balaban J connectivity index is 1.34. The molecule has 0 spiro atoms. The highest BCUT2D eigenvalue weighted by molar-refractivity contribution is 6.21. The van der Waals surface area contributed by atoms with Crippen LogP contribution in [-0.2, 0) is 9.59 Å². The van der Waals surface area contributed by atoms with Gasteiger partial charge in [0.15, 0.2) is 0 Å². The van der Waals surface area contributed by atoms with Crippen molar-refractivity contribution in [2.75, 3.05) is 18.0 Å². The van der Waals surface area contributed by atoms with Gasteiger partial charge < -0.3 is 9.64 Å². The maximum Gasteiger partial charge on any atom is 0.312 e. The molecule has 0 aliphatic carbocycles. The van der Waals surface area contributed by atoms with Crippen LogP contribution < -0.4 is 9.64 Å². The number of amides is 3. The Morgan fingerprint density at radius 1 is 1.00 bits per heavy atom. The summed E-state index contributed by atoms with van der Waals surface area (Å²) < 4.78 is 5.29. The first-order valence-electron chi connectivity index (χ1n) is 9.52. The van der Waals surface area contributed by atoms with Gasteiger partial charge in [-0.05, 0) is 49.7 Å². The molecule has 148 valence electrons. The second-order valence-electron chi connectivity index (χ2n) is 7.18. The van der Waals surface area contributed by atoms with E-state index in [1.165, 1.54) is 0 Å². The third-order valence-electron chi connectivity index (χ3n) is 5.12. The van der Waals surface area contributed by atoms with Gasteiger partial charge in [-0.1, -0.05) is 11.6 Å². The SMILES string of the molecule is Cc1ccc2c(c1)C(=O)N(CCC(=O)Oc1ccc(N3CCCC3=O)cc1)C2=O. The topological polar surface area (TPSA) is 84.0 Å². The molecule has 2 heterocycles. The zero-order valence-corrected chi connectivity index (χ0v) is 16.0. The maximum absolute atomic E-state index is 12.4. The number of carbonyl (C=O) groups is 4. The minimum absolute atomic E-state index is 0.0371. The number of hydrogen-bond donors (Lipinski definition) is 0. The number of nitrogens with zero attached hydrogens (tertiary/aromatic N) is 2. The largest absolute Gasteiger partial charge is 0.426 e. The van der Waals surface area contributed by atoms with Crippen LogP contribution in [0.3, 0.4) is 0 Å². The molecule has 2 aromatic rings. The third kappa shape index (κ3) is 3.63. The molecule has 0 radical (unpaired) electrons. The van der Waals surface area contributed by atoms with E-state index in [4.69, 9.17) is 4.74 Å². The van der Waals surface area contributed by atoms with Gasteiger partial charge in [0.25, 0.3) is 11.8 Å². The highest BCUT2D eigenvalue weighted by atomic mass is 16.5. The number of esters is 1. The Morgan fingerprint density at radius 2 is 1.72 bits per heavy atom. The molecular weight excluding hydrogens is 372 g/mol. The molecule has 0 N–H and O–H groups in total. The predicted octanol–water partition coefficient (Wildman–Crippen LogP) is 2.71. The molecule has 0 atom stereocenters. The Bertz CT molecular complexity index is 1010. The molecule has 2 aliphatic rings. The third-order valence-corrected chi connectivity index (χ3v) is 5.12. The summed E-state index contributed by atoms with van der Waals surface area (Å²) >= 11 is 0. The smallest absolute Gasteiger partial charge is 0.312 e. The maximum atomic E-state index is 12.4. The average Bonchev–Trinajstić information content (AvgIpc) is 3.23. The van der Waals surface area contributed by atoms with Crippen molar-refractivity contribution in [3.8, 4) is 5.75 Å². The summed E-state index contributed by atoms with van der Waals surface area (Å²) in [5.74, 6) is -0.879. The lowest BCUT2D eigenvalue weighted by molar-refractivity contribution is -0.134. The number of benzene rings is 2. The standard InChI is InChI=1S/C22H20N2O5/c1-14-4-9-17-18(13-14)22(28)24(21(17)27)12-10-20(26)29-16-7-5-15(6-8-16)23-11-2-3-19(23)25/h4-9,13H,2-3,10-12H2,1H3. The van der Waals surface area contributed by atoms with E-state index in [0.717, 1.165) is 22.6 Å². The second kappa shape index (κ2) is 7.50. The summed E-state index contributed by atoms with van der Waals surface area (Å²) in [6.07, 6.45) is 1.29. The van der Waals surface area contributed by atoms with Crippen LogP contribution in [0.25, 0.3) is 0 Å². The van der Waals surface area contributed by atoms with Crippen LogP contribution in [0.5, 0.6) is 5.75 Å². The van der Waals surface area contributed by atoms with Crippen LogP contribution in [0.1, 0.15) is 45.5 Å². The first-order valence-corrected chi connectivity index (χ1v) is 9.52. The molecule has 0 bridgehead atoms. The molecule has 29 heavy (non-hydrogen) atoms. The fourth-order valence-corrected chi connectivity index (χ4v) is 3.61. The molecule has 2 aromatic carbocycles. The molecule has 2 aliphatic heterocycles. The summed E-state index contributed by atoms with van der Waals surface area (Å²) in [5.41, 5.74) is 2.40. The Morgan fingerprint density at radius 3 is 2.41 bits per heavy atom. The van der Waals surface area contributed by atoms with Gasteiger partial charge in [0.05, 0.1) is 17.5 Å². The zero-order valence-electron chi connectivity index (χ0n) is 16.0. The Labute approximate surface area is 167 Å². The first kappa shape index (κ1) is 18.9. The van der Waals surface area contributed by atoms with E-state index in [1.54, 1.807) is 47.4 Å². The molecule has 7 nitrogen and oxygen atoms in total. The molecule has 4 rings (SSSR count). The minimum atomic E-state index is -0.539. The quantitative estimate of drug-likeness (QED) is 0.444. The number of rotatable bonds is 5. The monoisotopic (exact) mass is 392 g/mol. The number of hydrogen-bond acceptors (Lipinski definition) is 5. The lowest BCUT2D eigenvalue weighted by Crippen LogP contribution is -2.32. The normalized spacial score (nSPS) is 15.8. The zero-order chi connectivity index (χ0) is 20.5. The molecule has 0 aromatic heterocycles. The Kier molecular flexibility index (Phi) is 4.88. The van der Waals surface area contributed by atoms with Crippen molar-refractivity contribution >= 4 is 29.4 Å². The van der Waals surface area contributed by atoms with Gasteiger partial charge in [0.2, 0.25) is 5.91 Å². The highest BCUT2D eigenvalue weighted by Gasteiger charge is 2.35. The number of ether oxygens (including phenoxy) is 1.